The molecule has 0 atom stereocenters. The number of carbonyl (C=O) groups is 1. The zero-order valence-electron chi connectivity index (χ0n) is 27.9. The normalized spacial score (nSPS) is 11.8. The summed E-state index contributed by atoms with van der Waals surface area (Å²) < 4.78 is 8.26. The Bertz CT molecular complexity index is 3000. The van der Waals surface area contributed by atoms with Crippen LogP contribution in [0.25, 0.3) is 70.7 Å². The van der Waals surface area contributed by atoms with Crippen molar-refractivity contribution < 1.29 is 9.53 Å². The number of esters is 1. The van der Waals surface area contributed by atoms with Crippen LogP contribution in [0.3, 0.4) is 0 Å². The Labute approximate surface area is 293 Å². The van der Waals surface area contributed by atoms with Gasteiger partial charge in [0.1, 0.15) is 5.65 Å². The van der Waals surface area contributed by atoms with E-state index in [1.54, 1.807) is 0 Å². The number of hydrogen-bond acceptors (Lipinski definition) is 4. The molecule has 8 aromatic carbocycles. The molecular formula is C46H31N3O2. The van der Waals surface area contributed by atoms with Crippen LogP contribution in [0.2, 0.25) is 0 Å². The first-order chi connectivity index (χ1) is 25.2. The maximum absolute atomic E-state index is 12.7. The molecule has 0 saturated heterocycles. The minimum absolute atomic E-state index is 0.278. The smallest absolute Gasteiger partial charge is 0.310 e. The van der Waals surface area contributed by atoms with Crippen LogP contribution in [-0.4, -0.2) is 15.4 Å². The number of carbonyl (C=O) groups excluding carboxylic acids is 1. The maximum atomic E-state index is 12.7. The summed E-state index contributed by atoms with van der Waals surface area (Å²) in [5.74, 6) is 0.226. The number of anilines is 3. The van der Waals surface area contributed by atoms with Crippen molar-refractivity contribution in [2.75, 3.05) is 4.90 Å². The second kappa shape index (κ2) is 11.4. The zero-order valence-corrected chi connectivity index (χ0v) is 27.9. The summed E-state index contributed by atoms with van der Waals surface area (Å²) in [5, 5.41) is 10.5. The van der Waals surface area contributed by atoms with E-state index in [0.29, 0.717) is 5.75 Å². The fourth-order valence-electron chi connectivity index (χ4n) is 7.82. The summed E-state index contributed by atoms with van der Waals surface area (Å²) in [5.41, 5.74) is 6.74. The maximum Gasteiger partial charge on any atom is 0.310 e. The number of fused-ring (bicyclic) bond motifs is 14. The van der Waals surface area contributed by atoms with Gasteiger partial charge >= 0.3 is 5.97 Å². The SMILES string of the molecule is CCC(=O)Oc1ccccc1N(c1ccc2c3ccccc3c3ccccc3c2c1)c1ccc2c(c1)c1ccccc1n1c3ccccc3nc21. The lowest BCUT2D eigenvalue weighted by atomic mass is 9.94. The molecule has 0 saturated carbocycles. The van der Waals surface area contributed by atoms with Gasteiger partial charge in [0.2, 0.25) is 0 Å². The third kappa shape index (κ3) is 4.48. The Kier molecular flexibility index (Phi) is 6.55. The van der Waals surface area contributed by atoms with Gasteiger partial charge in [-0.2, -0.15) is 0 Å². The molecule has 51 heavy (non-hydrogen) atoms. The van der Waals surface area contributed by atoms with Crippen molar-refractivity contribution in [2.45, 2.75) is 13.3 Å². The standard InChI is InChI=1S/C46H31N3O2/c1-2-45(50)51-44-22-12-11-21-43(44)48(29-23-25-35-33-15-4-3-13-31(33)32-14-5-6-16-34(32)38(35)27-29)30-24-26-37-39(28-30)36-17-7-9-19-41(36)49-42-20-10-8-18-40(42)47-46(37)49/h3-28H,2H2,1H3. The molecule has 0 aliphatic rings. The van der Waals surface area contributed by atoms with Gasteiger partial charge in [0.05, 0.1) is 22.2 Å². The molecule has 0 aliphatic carbocycles. The molecular weight excluding hydrogens is 627 g/mol. The minimum atomic E-state index is -0.281. The van der Waals surface area contributed by atoms with Gasteiger partial charge in [0.15, 0.2) is 5.75 Å². The Hall–Kier alpha value is -6.72. The number of nitrogens with zero attached hydrogens (tertiary/aromatic N) is 3. The second-order valence-electron chi connectivity index (χ2n) is 13.0. The van der Waals surface area contributed by atoms with Crippen molar-refractivity contribution in [1.82, 2.24) is 9.38 Å². The number of rotatable bonds is 5. The molecule has 242 valence electrons. The molecule has 0 radical (unpaired) electrons. The summed E-state index contributed by atoms with van der Waals surface area (Å²) in [4.78, 5) is 20.1. The average molecular weight is 658 g/mol. The van der Waals surface area contributed by atoms with E-state index in [-0.39, 0.29) is 12.4 Å². The van der Waals surface area contributed by atoms with E-state index in [1.165, 1.54) is 26.9 Å². The van der Waals surface area contributed by atoms with E-state index in [0.717, 1.165) is 60.8 Å². The highest BCUT2D eigenvalue weighted by Gasteiger charge is 2.22. The number of pyridine rings is 1. The van der Waals surface area contributed by atoms with Gasteiger partial charge < -0.3 is 9.64 Å². The van der Waals surface area contributed by atoms with Gasteiger partial charge in [0, 0.05) is 28.6 Å². The largest absolute Gasteiger partial charge is 0.424 e. The molecule has 10 aromatic rings. The Morgan fingerprint density at radius 3 is 1.75 bits per heavy atom. The molecule has 0 aliphatic heterocycles. The summed E-state index contributed by atoms with van der Waals surface area (Å²) in [6.07, 6.45) is 0.278. The molecule has 10 rings (SSSR count). The molecule has 0 fully saturated rings. The Morgan fingerprint density at radius 1 is 0.549 bits per heavy atom. The first kappa shape index (κ1) is 29.2. The van der Waals surface area contributed by atoms with Crippen LogP contribution in [0.5, 0.6) is 5.75 Å². The van der Waals surface area contributed by atoms with E-state index < -0.39 is 0 Å². The monoisotopic (exact) mass is 657 g/mol. The fourth-order valence-corrected chi connectivity index (χ4v) is 7.82. The molecule has 0 amide bonds. The summed E-state index contributed by atoms with van der Waals surface area (Å²) in [6, 6.07) is 55.1. The Balaban J connectivity index is 1.28. The van der Waals surface area contributed by atoms with Crippen LogP contribution in [0.1, 0.15) is 13.3 Å². The van der Waals surface area contributed by atoms with Crippen molar-refractivity contribution in [1.29, 1.82) is 0 Å². The lowest BCUT2D eigenvalue weighted by Crippen LogP contribution is -2.14. The fraction of sp³-hybridized carbons (Fsp3) is 0.0435. The lowest BCUT2D eigenvalue weighted by molar-refractivity contribution is -0.133. The topological polar surface area (TPSA) is 46.8 Å². The molecule has 2 aromatic heterocycles. The Morgan fingerprint density at radius 2 is 1.06 bits per heavy atom. The van der Waals surface area contributed by atoms with Crippen LogP contribution in [-0.2, 0) is 4.79 Å². The third-order valence-electron chi connectivity index (χ3n) is 10.1. The highest BCUT2D eigenvalue weighted by Crippen LogP contribution is 2.45. The zero-order chi connectivity index (χ0) is 34.1. The first-order valence-corrected chi connectivity index (χ1v) is 17.3. The van der Waals surface area contributed by atoms with E-state index in [4.69, 9.17) is 9.72 Å². The molecule has 2 heterocycles. The van der Waals surface area contributed by atoms with E-state index in [9.17, 15) is 4.79 Å². The molecule has 0 unspecified atom stereocenters. The number of imidazole rings is 1. The first-order valence-electron chi connectivity index (χ1n) is 17.3. The minimum Gasteiger partial charge on any atom is -0.424 e. The second-order valence-corrected chi connectivity index (χ2v) is 13.0. The summed E-state index contributed by atoms with van der Waals surface area (Å²) in [7, 11) is 0. The van der Waals surface area contributed by atoms with Crippen molar-refractivity contribution in [3.8, 4) is 5.75 Å². The molecule has 5 heteroatoms. The van der Waals surface area contributed by atoms with Gasteiger partial charge in [-0.15, -0.1) is 0 Å². The van der Waals surface area contributed by atoms with Gasteiger partial charge in [-0.25, -0.2) is 4.98 Å². The van der Waals surface area contributed by atoms with E-state index >= 15 is 0 Å². The van der Waals surface area contributed by atoms with Crippen LogP contribution in [0.15, 0.2) is 158 Å². The summed E-state index contributed by atoms with van der Waals surface area (Å²) >= 11 is 0. The summed E-state index contributed by atoms with van der Waals surface area (Å²) in [6.45, 7) is 1.82. The van der Waals surface area contributed by atoms with Gasteiger partial charge in [-0.3, -0.25) is 9.20 Å². The van der Waals surface area contributed by atoms with Gasteiger partial charge in [0.25, 0.3) is 0 Å². The molecule has 5 nitrogen and oxygen atoms in total. The number of para-hydroxylation sites is 5. The number of hydrogen-bond donors (Lipinski definition) is 0. The van der Waals surface area contributed by atoms with E-state index in [1.807, 2.05) is 37.3 Å². The predicted octanol–water partition coefficient (Wildman–Crippen LogP) is 12.0. The van der Waals surface area contributed by atoms with Gasteiger partial charge in [-0.1, -0.05) is 104 Å². The van der Waals surface area contributed by atoms with Crippen LogP contribution in [0, 0.1) is 0 Å². The highest BCUT2D eigenvalue weighted by atomic mass is 16.5. The van der Waals surface area contributed by atoms with Crippen LogP contribution >= 0.6 is 0 Å². The number of ether oxygens (including phenoxy) is 1. The van der Waals surface area contributed by atoms with Crippen LogP contribution < -0.4 is 9.64 Å². The highest BCUT2D eigenvalue weighted by molar-refractivity contribution is 6.26. The molecule has 0 spiro atoms. The van der Waals surface area contributed by atoms with Crippen molar-refractivity contribution in [3.05, 3.63) is 158 Å². The predicted molar refractivity (Wildman–Crippen MR) is 211 cm³/mol. The third-order valence-corrected chi connectivity index (χ3v) is 10.1. The van der Waals surface area contributed by atoms with Crippen molar-refractivity contribution in [3.63, 3.8) is 0 Å². The number of benzene rings is 8. The van der Waals surface area contributed by atoms with Crippen LogP contribution in [0.4, 0.5) is 17.1 Å². The molecule has 0 N–H and O–H groups in total. The van der Waals surface area contributed by atoms with E-state index in [2.05, 4.69) is 137 Å². The quantitative estimate of drug-likeness (QED) is 0.105. The average Bonchev–Trinajstić information content (AvgIpc) is 3.59. The lowest BCUT2D eigenvalue weighted by Gasteiger charge is -2.28. The van der Waals surface area contributed by atoms with Crippen molar-refractivity contribution >= 4 is 93.7 Å². The van der Waals surface area contributed by atoms with Gasteiger partial charge in [-0.05, 0) is 98.4 Å². The molecule has 0 bridgehead atoms. The number of aromatic nitrogens is 2. The van der Waals surface area contributed by atoms with Crippen molar-refractivity contribution in [2.24, 2.45) is 0 Å².